The summed E-state index contributed by atoms with van der Waals surface area (Å²) >= 11 is 1.43. The van der Waals surface area contributed by atoms with Crippen molar-refractivity contribution in [2.75, 3.05) is 5.32 Å². The van der Waals surface area contributed by atoms with E-state index in [-0.39, 0.29) is 0 Å². The van der Waals surface area contributed by atoms with Gasteiger partial charge in [-0.3, -0.25) is 20.4 Å². The number of benzene rings is 2. The molecule has 142 valence electrons. The third kappa shape index (κ3) is 4.11. The van der Waals surface area contributed by atoms with Gasteiger partial charge in [-0.15, -0.1) is 0 Å². The van der Waals surface area contributed by atoms with E-state index in [0.29, 0.717) is 16.9 Å². The molecule has 0 aliphatic carbocycles. The number of aliphatic hydroxyl groups is 1. The van der Waals surface area contributed by atoms with Gasteiger partial charge in [-0.25, -0.2) is 4.85 Å². The predicted molar refractivity (Wildman–Crippen MR) is 109 cm³/mol. The molecule has 7 nitrogen and oxygen atoms in total. The molecule has 0 fully saturated rings. The molecule has 4 N–H and O–H groups in total. The maximum Gasteiger partial charge on any atom is 0.269 e. The van der Waals surface area contributed by atoms with Crippen molar-refractivity contribution in [2.24, 2.45) is 0 Å². The molecule has 0 bridgehead atoms. The van der Waals surface area contributed by atoms with E-state index in [1.165, 1.54) is 18.3 Å². The summed E-state index contributed by atoms with van der Waals surface area (Å²) in [6.07, 6.45) is -1.03. The average Bonchev–Trinajstić information content (AvgIpc) is 3.20. The Morgan fingerprint density at radius 3 is 2.54 bits per heavy atom. The standard InChI is InChI=1S/C20H18N4O3S/c1-12(25)17(20(27)24-23-19(26)13-6-4-3-5-7-13)22-15-8-9-16(21-2)18-14(15)10-11-28-18/h3-12,17,22,25H,1H3,(H,23,26)(H,24,27)/t12-,17+/m0/s1. The van der Waals surface area contributed by atoms with Crippen LogP contribution in [0.4, 0.5) is 11.4 Å². The Hall–Kier alpha value is -3.41. The minimum Gasteiger partial charge on any atom is -0.391 e. The van der Waals surface area contributed by atoms with Gasteiger partial charge in [-0.05, 0) is 36.6 Å². The van der Waals surface area contributed by atoms with Crippen LogP contribution in [-0.2, 0) is 4.79 Å². The van der Waals surface area contributed by atoms with Gasteiger partial charge in [0.05, 0.1) is 12.7 Å². The zero-order valence-corrected chi connectivity index (χ0v) is 15.8. The van der Waals surface area contributed by atoms with Gasteiger partial charge < -0.3 is 10.4 Å². The molecule has 2 amide bonds. The lowest BCUT2D eigenvalue weighted by molar-refractivity contribution is -0.124. The Labute approximate surface area is 165 Å². The molecular weight excluding hydrogens is 376 g/mol. The predicted octanol–water partition coefficient (Wildman–Crippen LogP) is 3.07. The summed E-state index contributed by atoms with van der Waals surface area (Å²) in [6.45, 7) is 8.73. The number of fused-ring (bicyclic) bond motifs is 1. The number of carbonyl (C=O) groups excluding carboxylic acids is 2. The van der Waals surface area contributed by atoms with E-state index in [9.17, 15) is 14.7 Å². The minimum absolute atomic E-state index is 0.402. The van der Waals surface area contributed by atoms with Crippen molar-refractivity contribution in [1.29, 1.82) is 0 Å². The largest absolute Gasteiger partial charge is 0.391 e. The van der Waals surface area contributed by atoms with Crippen LogP contribution in [0.25, 0.3) is 14.9 Å². The molecule has 1 heterocycles. The highest BCUT2D eigenvalue weighted by atomic mass is 32.1. The molecule has 1 aromatic heterocycles. The van der Waals surface area contributed by atoms with Crippen LogP contribution in [-0.4, -0.2) is 29.1 Å². The number of amides is 2. The molecular formula is C20H18N4O3S. The molecule has 0 aliphatic rings. The Bertz CT molecular complexity index is 1040. The second kappa shape index (κ2) is 8.52. The number of hydrazine groups is 1. The van der Waals surface area contributed by atoms with Crippen molar-refractivity contribution in [3.05, 3.63) is 70.9 Å². The molecule has 3 aromatic rings. The zero-order chi connectivity index (χ0) is 20.1. The van der Waals surface area contributed by atoms with Gasteiger partial charge in [0.15, 0.2) is 0 Å². The van der Waals surface area contributed by atoms with Crippen LogP contribution >= 0.6 is 11.3 Å². The molecule has 2 atom stereocenters. The topological polar surface area (TPSA) is 94.8 Å². The normalized spacial score (nSPS) is 12.6. The lowest BCUT2D eigenvalue weighted by Gasteiger charge is -2.22. The van der Waals surface area contributed by atoms with Crippen molar-refractivity contribution < 1.29 is 14.7 Å². The van der Waals surface area contributed by atoms with Crippen LogP contribution in [0, 0.1) is 6.57 Å². The number of aliphatic hydroxyl groups excluding tert-OH is 1. The van der Waals surface area contributed by atoms with Crippen molar-refractivity contribution in [2.45, 2.75) is 19.1 Å². The third-order valence-electron chi connectivity index (χ3n) is 4.13. The Kier molecular flexibility index (Phi) is 5.89. The molecule has 0 spiro atoms. The number of rotatable bonds is 5. The van der Waals surface area contributed by atoms with E-state index >= 15 is 0 Å². The quantitative estimate of drug-likeness (QED) is 0.395. The molecule has 2 aromatic carbocycles. The lowest BCUT2D eigenvalue weighted by atomic mass is 10.1. The fraction of sp³-hybridized carbons (Fsp3) is 0.150. The number of anilines is 1. The number of thiophene rings is 1. The van der Waals surface area contributed by atoms with Crippen molar-refractivity contribution in [3.8, 4) is 0 Å². The van der Waals surface area contributed by atoms with Gasteiger partial charge in [0.25, 0.3) is 11.8 Å². The van der Waals surface area contributed by atoms with E-state index in [0.717, 1.165) is 10.1 Å². The van der Waals surface area contributed by atoms with Crippen LogP contribution in [0.3, 0.4) is 0 Å². The highest BCUT2D eigenvalue weighted by molar-refractivity contribution is 7.18. The SMILES string of the molecule is [C-]#[N+]c1ccc(N[C@@H](C(=O)NNC(=O)c2ccccc2)[C@H](C)O)c2ccsc12. The van der Waals surface area contributed by atoms with Crippen molar-refractivity contribution in [3.63, 3.8) is 0 Å². The number of nitrogens with zero attached hydrogens (tertiary/aromatic N) is 1. The summed E-state index contributed by atoms with van der Waals surface area (Å²) in [6, 6.07) is 12.7. The van der Waals surface area contributed by atoms with Crippen LogP contribution in [0.5, 0.6) is 0 Å². The van der Waals surface area contributed by atoms with Gasteiger partial charge in [0, 0.05) is 21.3 Å². The molecule has 0 saturated heterocycles. The molecule has 3 rings (SSSR count). The summed E-state index contributed by atoms with van der Waals surface area (Å²) in [7, 11) is 0. The molecule has 0 aliphatic heterocycles. The smallest absolute Gasteiger partial charge is 0.269 e. The van der Waals surface area contributed by atoms with Crippen LogP contribution in [0.2, 0.25) is 0 Å². The average molecular weight is 394 g/mol. The van der Waals surface area contributed by atoms with Crippen molar-refractivity contribution >= 4 is 44.6 Å². The monoisotopic (exact) mass is 394 g/mol. The fourth-order valence-electron chi connectivity index (χ4n) is 2.69. The molecule has 8 heteroatoms. The second-order valence-corrected chi connectivity index (χ2v) is 7.00. The van der Waals surface area contributed by atoms with E-state index in [1.807, 2.05) is 11.4 Å². The Morgan fingerprint density at radius 2 is 1.86 bits per heavy atom. The second-order valence-electron chi connectivity index (χ2n) is 6.08. The Balaban J connectivity index is 1.73. The van der Waals surface area contributed by atoms with E-state index in [1.54, 1.807) is 42.5 Å². The maximum absolute atomic E-state index is 12.5. The summed E-state index contributed by atoms with van der Waals surface area (Å²) in [4.78, 5) is 28.1. The highest BCUT2D eigenvalue weighted by Gasteiger charge is 2.25. The summed E-state index contributed by atoms with van der Waals surface area (Å²) in [5.74, 6) is -1.04. The van der Waals surface area contributed by atoms with E-state index in [4.69, 9.17) is 6.57 Å². The summed E-state index contributed by atoms with van der Waals surface area (Å²) < 4.78 is 0.808. The first-order chi connectivity index (χ1) is 13.5. The van der Waals surface area contributed by atoms with Gasteiger partial charge >= 0.3 is 0 Å². The lowest BCUT2D eigenvalue weighted by Crippen LogP contribution is -2.52. The Morgan fingerprint density at radius 1 is 1.11 bits per heavy atom. The first kappa shape index (κ1) is 19.4. The molecule has 0 unspecified atom stereocenters. The van der Waals surface area contributed by atoms with Gasteiger partial charge in [0.1, 0.15) is 6.04 Å². The minimum atomic E-state index is -1.03. The first-order valence-electron chi connectivity index (χ1n) is 8.48. The summed E-state index contributed by atoms with van der Waals surface area (Å²) in [5.41, 5.74) is 6.24. The van der Waals surface area contributed by atoms with Crippen LogP contribution < -0.4 is 16.2 Å². The fourth-order valence-corrected chi connectivity index (χ4v) is 3.57. The number of carbonyl (C=O) groups is 2. The summed E-state index contributed by atoms with van der Waals surface area (Å²) in [5, 5.41) is 15.7. The third-order valence-corrected chi connectivity index (χ3v) is 5.06. The molecule has 0 radical (unpaired) electrons. The highest BCUT2D eigenvalue weighted by Crippen LogP contribution is 2.36. The van der Waals surface area contributed by atoms with Gasteiger partial charge in [0.2, 0.25) is 5.69 Å². The van der Waals surface area contributed by atoms with Gasteiger partial charge in [-0.1, -0.05) is 24.3 Å². The van der Waals surface area contributed by atoms with Crippen LogP contribution in [0.15, 0.2) is 53.9 Å². The van der Waals surface area contributed by atoms with E-state index < -0.39 is 24.0 Å². The number of nitrogens with one attached hydrogen (secondary N) is 3. The zero-order valence-electron chi connectivity index (χ0n) is 15.0. The number of hydrogen-bond donors (Lipinski definition) is 4. The van der Waals surface area contributed by atoms with Crippen LogP contribution in [0.1, 0.15) is 17.3 Å². The number of hydrogen-bond acceptors (Lipinski definition) is 5. The van der Waals surface area contributed by atoms with Crippen molar-refractivity contribution in [1.82, 2.24) is 10.9 Å². The van der Waals surface area contributed by atoms with Gasteiger partial charge in [-0.2, -0.15) is 11.3 Å². The molecule has 28 heavy (non-hydrogen) atoms. The maximum atomic E-state index is 12.5. The first-order valence-corrected chi connectivity index (χ1v) is 9.36. The molecule has 0 saturated carbocycles. The van der Waals surface area contributed by atoms with E-state index in [2.05, 4.69) is 21.0 Å².